The van der Waals surface area contributed by atoms with Gasteiger partial charge >= 0.3 is 5.97 Å². The quantitative estimate of drug-likeness (QED) is 0.824. The van der Waals surface area contributed by atoms with Crippen molar-refractivity contribution in [1.82, 2.24) is 9.88 Å². The Balaban J connectivity index is 2.08. The lowest BCUT2D eigenvalue weighted by Gasteiger charge is -2.12. The average molecular weight is 347 g/mol. The van der Waals surface area contributed by atoms with Gasteiger partial charge in [0.25, 0.3) is 0 Å². The fraction of sp³-hybridized carbons (Fsp3) is 0.353. The lowest BCUT2D eigenvalue weighted by Crippen LogP contribution is -2.37. The number of aryl methyl sites for hydroxylation is 1. The van der Waals surface area contributed by atoms with Crippen molar-refractivity contribution >= 4 is 34.4 Å². The number of carbonyl (C=O) groups excluding carboxylic acids is 3. The van der Waals surface area contributed by atoms with Crippen molar-refractivity contribution in [2.24, 2.45) is 7.05 Å². The van der Waals surface area contributed by atoms with Gasteiger partial charge in [0.05, 0.1) is 23.2 Å². The second kappa shape index (κ2) is 6.54. The highest BCUT2D eigenvalue weighted by atomic mass is 19.1. The molecule has 1 atom stereocenters. The van der Waals surface area contributed by atoms with Crippen LogP contribution in [0.25, 0.3) is 10.9 Å². The van der Waals surface area contributed by atoms with E-state index in [1.54, 1.807) is 20.0 Å². The number of amides is 2. The van der Waals surface area contributed by atoms with Crippen LogP contribution in [0.4, 0.5) is 10.1 Å². The van der Waals surface area contributed by atoms with E-state index in [1.165, 1.54) is 16.7 Å². The van der Waals surface area contributed by atoms with E-state index in [0.717, 1.165) is 0 Å². The fourth-order valence-corrected chi connectivity index (χ4v) is 3.03. The zero-order valence-corrected chi connectivity index (χ0v) is 13.9. The van der Waals surface area contributed by atoms with Crippen molar-refractivity contribution in [2.45, 2.75) is 25.8 Å². The van der Waals surface area contributed by atoms with Crippen molar-refractivity contribution in [2.75, 3.05) is 11.9 Å². The maximum Gasteiger partial charge on any atom is 0.357 e. The van der Waals surface area contributed by atoms with Gasteiger partial charge in [-0.25, -0.2) is 9.18 Å². The molecule has 0 spiro atoms. The molecule has 1 aromatic heterocycles. The highest BCUT2D eigenvalue weighted by Crippen LogP contribution is 2.33. The van der Waals surface area contributed by atoms with Gasteiger partial charge in [0.1, 0.15) is 11.9 Å². The molecule has 1 aromatic carbocycles. The summed E-state index contributed by atoms with van der Waals surface area (Å²) in [6.45, 7) is 1.81. The van der Waals surface area contributed by atoms with Crippen molar-refractivity contribution in [3.05, 3.63) is 29.7 Å². The first-order valence-electron chi connectivity index (χ1n) is 7.98. The maximum atomic E-state index is 14.4. The molecular formula is C17H18FN3O4. The number of hydrogen-bond donors (Lipinski definition) is 2. The molecule has 2 heterocycles. The molecule has 1 saturated heterocycles. The lowest BCUT2D eigenvalue weighted by atomic mass is 10.1. The number of fused-ring (bicyclic) bond motifs is 1. The van der Waals surface area contributed by atoms with Gasteiger partial charge in [-0.15, -0.1) is 0 Å². The number of rotatable bonds is 4. The summed E-state index contributed by atoms with van der Waals surface area (Å²) in [5.74, 6) is -1.93. The van der Waals surface area contributed by atoms with Crippen LogP contribution in [0, 0.1) is 5.82 Å². The van der Waals surface area contributed by atoms with Gasteiger partial charge in [0, 0.05) is 13.5 Å². The Labute approximate surface area is 143 Å². The molecule has 1 aliphatic rings. The number of ether oxygens (including phenoxy) is 1. The minimum absolute atomic E-state index is 0.0552. The summed E-state index contributed by atoms with van der Waals surface area (Å²) < 4.78 is 20.9. The van der Waals surface area contributed by atoms with E-state index in [-0.39, 0.29) is 35.7 Å². The summed E-state index contributed by atoms with van der Waals surface area (Å²) in [6, 6.07) is 3.72. The van der Waals surface area contributed by atoms with Crippen LogP contribution in [0.1, 0.15) is 30.3 Å². The third-order valence-corrected chi connectivity index (χ3v) is 4.20. The summed E-state index contributed by atoms with van der Waals surface area (Å²) in [5, 5.41) is 5.28. The van der Waals surface area contributed by atoms with Crippen LogP contribution in [0.5, 0.6) is 0 Å². The van der Waals surface area contributed by atoms with E-state index in [2.05, 4.69) is 10.6 Å². The average Bonchev–Trinajstić information content (AvgIpc) is 3.11. The maximum absolute atomic E-state index is 14.4. The highest BCUT2D eigenvalue weighted by Gasteiger charge is 2.31. The van der Waals surface area contributed by atoms with Crippen LogP contribution < -0.4 is 10.6 Å². The number of aromatic nitrogens is 1. The van der Waals surface area contributed by atoms with Gasteiger partial charge in [-0.3, -0.25) is 9.59 Å². The van der Waals surface area contributed by atoms with Gasteiger partial charge in [-0.1, -0.05) is 6.07 Å². The Bertz CT molecular complexity index is 874. The molecule has 3 rings (SSSR count). The number of esters is 1. The van der Waals surface area contributed by atoms with Crippen molar-refractivity contribution in [3.63, 3.8) is 0 Å². The summed E-state index contributed by atoms with van der Waals surface area (Å²) in [4.78, 5) is 36.1. The monoisotopic (exact) mass is 347 g/mol. The number of nitrogens with one attached hydrogen (secondary N) is 2. The number of nitrogens with zero attached hydrogens (tertiary/aromatic N) is 1. The smallest absolute Gasteiger partial charge is 0.357 e. The van der Waals surface area contributed by atoms with E-state index in [1.807, 2.05) is 0 Å². The summed E-state index contributed by atoms with van der Waals surface area (Å²) in [7, 11) is 1.60. The number of benzene rings is 1. The fourth-order valence-electron chi connectivity index (χ4n) is 3.03. The highest BCUT2D eigenvalue weighted by molar-refractivity contribution is 6.13. The Morgan fingerprint density at radius 2 is 2.20 bits per heavy atom. The molecule has 0 radical (unpaired) electrons. The summed E-state index contributed by atoms with van der Waals surface area (Å²) in [5.41, 5.74) is 0.564. The van der Waals surface area contributed by atoms with Gasteiger partial charge in [0.15, 0.2) is 5.69 Å². The third-order valence-electron chi connectivity index (χ3n) is 4.20. The van der Waals surface area contributed by atoms with Gasteiger partial charge in [-0.05, 0) is 25.5 Å². The number of halogens is 1. The SMILES string of the molecule is CCOC(=O)c1c(NC(=O)[C@H]2CCC(=O)N2)c2c(F)cccc2n1C. The molecular weight excluding hydrogens is 329 g/mol. The van der Waals surface area contributed by atoms with E-state index in [0.29, 0.717) is 11.9 Å². The van der Waals surface area contributed by atoms with Crippen LogP contribution in [-0.4, -0.2) is 35.0 Å². The molecule has 7 nitrogen and oxygen atoms in total. The first-order valence-corrected chi connectivity index (χ1v) is 7.98. The topological polar surface area (TPSA) is 89.4 Å². The Kier molecular flexibility index (Phi) is 4.43. The van der Waals surface area contributed by atoms with Gasteiger partial charge in [-0.2, -0.15) is 0 Å². The molecule has 25 heavy (non-hydrogen) atoms. The minimum Gasteiger partial charge on any atom is -0.461 e. The van der Waals surface area contributed by atoms with E-state index >= 15 is 0 Å². The second-order valence-corrected chi connectivity index (χ2v) is 5.79. The second-order valence-electron chi connectivity index (χ2n) is 5.79. The van der Waals surface area contributed by atoms with Gasteiger partial charge < -0.3 is 19.9 Å². The molecule has 2 amide bonds. The molecule has 2 N–H and O–H groups in total. The standard InChI is InChI=1S/C17H18FN3O4/c1-3-25-17(24)15-14(20-16(23)10-7-8-12(22)19-10)13-9(18)5-4-6-11(13)21(15)2/h4-6,10H,3,7-8H2,1-2H3,(H,19,22)(H,20,23)/t10-/m1/s1. The number of anilines is 1. The van der Waals surface area contributed by atoms with Crippen molar-refractivity contribution in [1.29, 1.82) is 0 Å². The molecule has 2 aromatic rings. The third kappa shape index (κ3) is 2.95. The van der Waals surface area contributed by atoms with Crippen LogP contribution in [-0.2, 0) is 21.4 Å². The molecule has 0 aliphatic carbocycles. The molecule has 1 aliphatic heterocycles. The van der Waals surface area contributed by atoms with Crippen LogP contribution in [0.15, 0.2) is 18.2 Å². The zero-order chi connectivity index (χ0) is 18.1. The molecule has 0 bridgehead atoms. The number of hydrogen-bond acceptors (Lipinski definition) is 4. The molecule has 1 fully saturated rings. The normalized spacial score (nSPS) is 16.8. The van der Waals surface area contributed by atoms with E-state index in [9.17, 15) is 18.8 Å². The Morgan fingerprint density at radius 3 is 2.84 bits per heavy atom. The van der Waals surface area contributed by atoms with E-state index in [4.69, 9.17) is 4.74 Å². The lowest BCUT2D eigenvalue weighted by molar-refractivity contribution is -0.122. The molecule has 132 valence electrons. The van der Waals surface area contributed by atoms with Crippen molar-refractivity contribution < 1.29 is 23.5 Å². The Morgan fingerprint density at radius 1 is 1.44 bits per heavy atom. The van der Waals surface area contributed by atoms with E-state index < -0.39 is 23.7 Å². The van der Waals surface area contributed by atoms with Gasteiger partial charge in [0.2, 0.25) is 11.8 Å². The minimum atomic E-state index is -0.704. The first kappa shape index (κ1) is 16.9. The largest absolute Gasteiger partial charge is 0.461 e. The van der Waals surface area contributed by atoms with Crippen molar-refractivity contribution in [3.8, 4) is 0 Å². The molecule has 8 heteroatoms. The summed E-state index contributed by atoms with van der Waals surface area (Å²) >= 11 is 0. The predicted octanol–water partition coefficient (Wildman–Crippen LogP) is 1.71. The van der Waals surface area contributed by atoms with Crippen LogP contribution in [0.3, 0.4) is 0 Å². The first-order chi connectivity index (χ1) is 11.9. The Hall–Kier alpha value is -2.90. The van der Waals surface area contributed by atoms with Crippen LogP contribution in [0.2, 0.25) is 0 Å². The molecule has 0 unspecified atom stereocenters. The predicted molar refractivity (Wildman–Crippen MR) is 88.6 cm³/mol. The molecule has 0 saturated carbocycles. The summed E-state index contributed by atoms with van der Waals surface area (Å²) in [6.07, 6.45) is 0.610. The van der Waals surface area contributed by atoms with Crippen LogP contribution >= 0.6 is 0 Å². The number of carbonyl (C=O) groups is 3. The zero-order valence-electron chi connectivity index (χ0n) is 13.9.